The minimum Gasteiger partial charge on any atom is -0.392 e. The molecule has 2 aliphatic rings. The molecule has 1 saturated carbocycles. The summed E-state index contributed by atoms with van der Waals surface area (Å²) in [5, 5.41) is 31.0. The number of benzene rings is 2. The summed E-state index contributed by atoms with van der Waals surface area (Å²) in [5.74, 6) is -3.48. The van der Waals surface area contributed by atoms with Crippen LogP contribution < -0.4 is 10.0 Å². The molecule has 1 amide bonds. The third-order valence-corrected chi connectivity index (χ3v) is 11.1. The van der Waals surface area contributed by atoms with E-state index in [9.17, 15) is 41.0 Å². The zero-order valence-electron chi connectivity index (χ0n) is 30.8. The number of nitrogens with one attached hydrogen (secondary N) is 2. The summed E-state index contributed by atoms with van der Waals surface area (Å²) < 4.78 is 117. The predicted octanol–water partition coefficient (Wildman–Crippen LogP) is 5.87. The Hall–Kier alpha value is -5.16. The molecule has 0 radical (unpaired) electrons. The van der Waals surface area contributed by atoms with Gasteiger partial charge >= 0.3 is 0 Å². The molecular weight excluding hydrogens is 816 g/mol. The predicted molar refractivity (Wildman–Crippen MR) is 199 cm³/mol. The van der Waals surface area contributed by atoms with Crippen molar-refractivity contribution in [1.29, 1.82) is 0 Å². The second-order valence-electron chi connectivity index (χ2n) is 14.6. The Kier molecular flexibility index (Phi) is 10.5. The fourth-order valence-corrected chi connectivity index (χ4v) is 8.35. The number of rotatable bonds is 11. The average molecular weight is 850 g/mol. The van der Waals surface area contributed by atoms with Crippen LogP contribution in [-0.4, -0.2) is 67.5 Å². The standard InChI is InChI=1S/C38H34ClF6N7O5S/c1-37(55,17-53)11-10-21-4-5-22(23-7-9-26(39)30-33(23)51(2)49-36(30)50-58(3,56)57)31(46-21)27(14-18-12-19(40)15-20(41)13-18)47-28(54)16-52-34-29(32(48-52)35(42)43)24-6-8-25(24)38(34,44)45/h4-5,7,9,12-13,15,24-25,27,35,53,55H,6,8,14,16-17H2,1-3H3,(H,47,54)(H,49,50)/t24-,25+,27-,37?/m0/s1. The highest BCUT2D eigenvalue weighted by Gasteiger charge is 2.62. The molecular formula is C38H34ClF6N7O5S. The number of carbonyl (C=O) groups excluding carboxylic acids is 1. The zero-order chi connectivity index (χ0) is 42.1. The second kappa shape index (κ2) is 14.9. The summed E-state index contributed by atoms with van der Waals surface area (Å²) >= 11 is 6.57. The lowest BCUT2D eigenvalue weighted by Gasteiger charge is -2.34. The van der Waals surface area contributed by atoms with Gasteiger partial charge in [-0.3, -0.25) is 18.9 Å². The number of carbonyl (C=O) groups is 1. The minimum absolute atomic E-state index is 0.0137. The molecule has 7 rings (SSSR count). The van der Waals surface area contributed by atoms with Crippen LogP contribution in [0, 0.1) is 29.4 Å². The van der Waals surface area contributed by atoms with Gasteiger partial charge in [-0.05, 0) is 73.9 Å². The number of anilines is 1. The van der Waals surface area contributed by atoms with Crippen LogP contribution in [-0.2, 0) is 40.8 Å². The Balaban J connectivity index is 1.39. The van der Waals surface area contributed by atoms with Crippen molar-refractivity contribution < 1.29 is 49.8 Å². The Morgan fingerprint density at radius 2 is 1.78 bits per heavy atom. The van der Waals surface area contributed by atoms with Crippen molar-refractivity contribution in [2.45, 2.75) is 62.6 Å². The Bertz CT molecular complexity index is 2640. The van der Waals surface area contributed by atoms with Crippen molar-refractivity contribution in [3.63, 3.8) is 0 Å². The highest BCUT2D eigenvalue weighted by Crippen LogP contribution is 2.63. The molecule has 5 aromatic rings. The van der Waals surface area contributed by atoms with Gasteiger partial charge < -0.3 is 15.5 Å². The molecule has 1 unspecified atom stereocenters. The Morgan fingerprint density at radius 1 is 1.09 bits per heavy atom. The number of hydrogen-bond donors (Lipinski definition) is 4. The molecule has 0 aliphatic heterocycles. The SMILES string of the molecule is Cn1nc(NS(C)(=O)=O)c2c(Cl)ccc(-c3ccc(C#CC(C)(O)CO)nc3[C@H](Cc3cc(F)cc(F)c3)NC(=O)Cn3nc(C(F)F)c4c3C(F)(F)[C@@H]3CC[C@H]43)c21. The van der Waals surface area contributed by atoms with Gasteiger partial charge in [-0.1, -0.05) is 23.6 Å². The van der Waals surface area contributed by atoms with E-state index in [4.69, 9.17) is 11.6 Å². The quantitative estimate of drug-likeness (QED) is 0.0948. The highest BCUT2D eigenvalue weighted by molar-refractivity contribution is 7.92. The van der Waals surface area contributed by atoms with Crippen LogP contribution in [0.1, 0.15) is 72.1 Å². The van der Waals surface area contributed by atoms with Gasteiger partial charge in [0.2, 0.25) is 15.9 Å². The van der Waals surface area contributed by atoms with E-state index in [0.717, 1.165) is 18.4 Å². The first kappa shape index (κ1) is 41.0. The van der Waals surface area contributed by atoms with Gasteiger partial charge in [0.15, 0.2) is 5.82 Å². The maximum Gasteiger partial charge on any atom is 0.293 e. The van der Waals surface area contributed by atoms with Crippen LogP contribution in [0.2, 0.25) is 5.02 Å². The number of aliphatic hydroxyl groups excluding tert-OH is 1. The summed E-state index contributed by atoms with van der Waals surface area (Å²) in [7, 11) is -2.34. The van der Waals surface area contributed by atoms with E-state index in [2.05, 4.69) is 37.1 Å². The molecule has 3 aromatic heterocycles. The molecule has 3 heterocycles. The van der Waals surface area contributed by atoms with Crippen molar-refractivity contribution >= 4 is 44.3 Å². The fraction of sp³-hybridized carbons (Fsp3) is 0.368. The molecule has 0 bridgehead atoms. The van der Waals surface area contributed by atoms with Crippen molar-refractivity contribution in [2.24, 2.45) is 13.0 Å². The van der Waals surface area contributed by atoms with Crippen molar-refractivity contribution in [3.8, 4) is 23.0 Å². The average Bonchev–Trinajstić information content (AvgIpc) is 3.67. The van der Waals surface area contributed by atoms with Crippen molar-refractivity contribution in [2.75, 3.05) is 17.6 Å². The lowest BCUT2D eigenvalue weighted by molar-refractivity contribution is -0.123. The number of hydrogen-bond acceptors (Lipinski definition) is 8. The van der Waals surface area contributed by atoms with Crippen molar-refractivity contribution in [3.05, 3.63) is 93.0 Å². The molecule has 12 nitrogen and oxygen atoms in total. The maximum absolute atomic E-state index is 15.6. The molecule has 0 spiro atoms. The number of aromatic nitrogens is 5. The molecule has 4 N–H and O–H groups in total. The van der Waals surface area contributed by atoms with E-state index in [0.29, 0.717) is 16.3 Å². The number of pyridine rings is 1. The smallest absolute Gasteiger partial charge is 0.293 e. The molecule has 0 saturated heterocycles. The zero-order valence-corrected chi connectivity index (χ0v) is 32.4. The summed E-state index contributed by atoms with van der Waals surface area (Å²) in [4.78, 5) is 18.7. The van der Waals surface area contributed by atoms with Crippen LogP contribution >= 0.6 is 11.6 Å². The maximum atomic E-state index is 15.6. The van der Waals surface area contributed by atoms with Crippen LogP contribution in [0.4, 0.5) is 32.2 Å². The largest absolute Gasteiger partial charge is 0.392 e. The molecule has 20 heteroatoms. The summed E-state index contributed by atoms with van der Waals surface area (Å²) in [6.45, 7) is -0.446. The van der Waals surface area contributed by atoms with E-state index in [1.807, 2.05) is 0 Å². The number of nitrogens with zero attached hydrogens (tertiary/aromatic N) is 5. The summed E-state index contributed by atoms with van der Waals surface area (Å²) in [5.41, 5.74) is -2.96. The first-order valence-corrected chi connectivity index (χ1v) is 20.0. The second-order valence-corrected chi connectivity index (χ2v) is 16.8. The van der Waals surface area contributed by atoms with Crippen molar-refractivity contribution in [1.82, 2.24) is 29.9 Å². The lowest BCUT2D eigenvalue weighted by atomic mass is 9.73. The molecule has 2 aliphatic carbocycles. The van der Waals surface area contributed by atoms with E-state index < -0.39 is 87.9 Å². The number of sulfonamides is 1. The lowest BCUT2D eigenvalue weighted by Crippen LogP contribution is -2.36. The third-order valence-electron chi connectivity index (χ3n) is 10.2. The minimum atomic E-state index is -3.85. The van der Waals surface area contributed by atoms with Crippen LogP contribution in [0.15, 0.2) is 42.5 Å². The topological polar surface area (TPSA) is 164 Å². The first-order valence-electron chi connectivity index (χ1n) is 17.7. The number of halogens is 7. The van der Waals surface area contributed by atoms with Gasteiger partial charge in [-0.25, -0.2) is 31.0 Å². The van der Waals surface area contributed by atoms with Crippen LogP contribution in [0.5, 0.6) is 0 Å². The van der Waals surface area contributed by atoms with Gasteiger partial charge in [0.25, 0.3) is 12.3 Å². The van der Waals surface area contributed by atoms with Crippen LogP contribution in [0.25, 0.3) is 22.0 Å². The Morgan fingerprint density at radius 3 is 2.40 bits per heavy atom. The number of aliphatic hydroxyl groups is 2. The van der Waals surface area contributed by atoms with Gasteiger partial charge in [-0.15, -0.1) is 0 Å². The number of fused-ring (bicyclic) bond motifs is 4. The number of alkyl halides is 4. The van der Waals surface area contributed by atoms with E-state index in [1.165, 1.54) is 36.9 Å². The third kappa shape index (κ3) is 7.73. The number of aryl methyl sites for hydroxylation is 1. The van der Waals surface area contributed by atoms with Gasteiger partial charge in [-0.2, -0.15) is 19.0 Å². The molecule has 4 atom stereocenters. The van der Waals surface area contributed by atoms with Crippen LogP contribution in [0.3, 0.4) is 0 Å². The molecule has 1 fully saturated rings. The summed E-state index contributed by atoms with van der Waals surface area (Å²) in [6.07, 6.45) is -2.29. The van der Waals surface area contributed by atoms with Gasteiger partial charge in [0, 0.05) is 35.7 Å². The summed E-state index contributed by atoms with van der Waals surface area (Å²) in [6, 6.07) is 7.21. The highest BCUT2D eigenvalue weighted by atomic mass is 35.5. The molecule has 58 heavy (non-hydrogen) atoms. The van der Waals surface area contributed by atoms with E-state index in [1.54, 1.807) is 6.07 Å². The van der Waals surface area contributed by atoms with Gasteiger partial charge in [0.1, 0.15) is 40.9 Å². The fourth-order valence-electron chi connectivity index (χ4n) is 7.62. The van der Waals surface area contributed by atoms with E-state index >= 15 is 8.78 Å². The van der Waals surface area contributed by atoms with E-state index in [-0.39, 0.29) is 69.1 Å². The first-order chi connectivity index (χ1) is 27.2. The number of amides is 1. The van der Waals surface area contributed by atoms with Gasteiger partial charge in [0.05, 0.1) is 40.5 Å². The normalized spacial score (nSPS) is 18.5. The Labute approximate surface area is 332 Å². The molecule has 2 aromatic carbocycles. The monoisotopic (exact) mass is 849 g/mol. The molecule has 306 valence electrons.